The van der Waals surface area contributed by atoms with Crippen molar-refractivity contribution < 1.29 is 19.4 Å². The molecule has 1 unspecified atom stereocenters. The SMILES string of the molecule is COc1cc(C)c(/C(O)=C2\C(=O)C(=O)N(c3ccc(C(C)C)cc3)C2c2ccc(C(C)C)cc2)cc1C. The molecule has 1 aliphatic rings. The van der Waals surface area contributed by atoms with Gasteiger partial charge < -0.3 is 9.84 Å². The summed E-state index contributed by atoms with van der Waals surface area (Å²) in [5.41, 5.74) is 5.85. The second-order valence-corrected chi connectivity index (χ2v) is 10.4. The number of aliphatic hydroxyl groups is 1. The van der Waals surface area contributed by atoms with Crippen molar-refractivity contribution in [3.05, 3.63) is 99.6 Å². The number of ether oxygens (including phenoxy) is 1. The molecule has 0 aliphatic carbocycles. The predicted octanol–water partition coefficient (Wildman–Crippen LogP) is 7.19. The number of hydrogen-bond acceptors (Lipinski definition) is 4. The molecule has 0 radical (unpaired) electrons. The van der Waals surface area contributed by atoms with Crippen molar-refractivity contribution in [3.8, 4) is 5.75 Å². The van der Waals surface area contributed by atoms with Gasteiger partial charge in [0.25, 0.3) is 11.7 Å². The van der Waals surface area contributed by atoms with Crippen molar-refractivity contribution in [3.63, 3.8) is 0 Å². The third-order valence-corrected chi connectivity index (χ3v) is 7.20. The summed E-state index contributed by atoms with van der Waals surface area (Å²) in [5.74, 6) is -0.156. The van der Waals surface area contributed by atoms with E-state index >= 15 is 0 Å². The molecule has 1 saturated heterocycles. The highest BCUT2D eigenvalue weighted by Gasteiger charge is 2.47. The van der Waals surface area contributed by atoms with Gasteiger partial charge in [-0.3, -0.25) is 14.5 Å². The van der Waals surface area contributed by atoms with Gasteiger partial charge in [0.05, 0.1) is 18.7 Å². The van der Waals surface area contributed by atoms with E-state index in [9.17, 15) is 14.7 Å². The van der Waals surface area contributed by atoms with Crippen LogP contribution < -0.4 is 9.64 Å². The number of hydrogen-bond donors (Lipinski definition) is 1. The van der Waals surface area contributed by atoms with E-state index in [1.54, 1.807) is 13.2 Å². The summed E-state index contributed by atoms with van der Waals surface area (Å²) in [7, 11) is 1.60. The van der Waals surface area contributed by atoms with Crippen molar-refractivity contribution in [2.24, 2.45) is 0 Å². The number of methoxy groups -OCH3 is 1. The van der Waals surface area contributed by atoms with E-state index in [2.05, 4.69) is 27.7 Å². The Hall–Kier alpha value is -3.86. The van der Waals surface area contributed by atoms with Gasteiger partial charge in [0.1, 0.15) is 11.5 Å². The fourth-order valence-corrected chi connectivity index (χ4v) is 4.91. The van der Waals surface area contributed by atoms with Crippen LogP contribution in [0.4, 0.5) is 5.69 Å². The summed E-state index contributed by atoms with van der Waals surface area (Å²) in [6, 6.07) is 18.5. The first-order valence-corrected chi connectivity index (χ1v) is 12.7. The van der Waals surface area contributed by atoms with Gasteiger partial charge in [-0.15, -0.1) is 0 Å². The molecule has 0 bridgehead atoms. The molecule has 0 aromatic heterocycles. The molecule has 192 valence electrons. The average molecular weight is 498 g/mol. The third-order valence-electron chi connectivity index (χ3n) is 7.20. The van der Waals surface area contributed by atoms with Crippen LogP contribution >= 0.6 is 0 Å². The maximum absolute atomic E-state index is 13.5. The van der Waals surface area contributed by atoms with Crippen LogP contribution in [0.1, 0.15) is 79.0 Å². The fourth-order valence-electron chi connectivity index (χ4n) is 4.91. The van der Waals surface area contributed by atoms with Crippen LogP contribution in [0.3, 0.4) is 0 Å². The van der Waals surface area contributed by atoms with Crippen LogP contribution in [-0.2, 0) is 9.59 Å². The van der Waals surface area contributed by atoms with E-state index in [-0.39, 0.29) is 11.3 Å². The Bertz CT molecular complexity index is 1370. The molecule has 5 nitrogen and oxygen atoms in total. The molecule has 1 fully saturated rings. The number of anilines is 1. The highest BCUT2D eigenvalue weighted by Crippen LogP contribution is 2.43. The van der Waals surface area contributed by atoms with Crippen molar-refractivity contribution in [2.75, 3.05) is 12.0 Å². The van der Waals surface area contributed by atoms with Gasteiger partial charge in [0.2, 0.25) is 0 Å². The summed E-state index contributed by atoms with van der Waals surface area (Å²) in [6.07, 6.45) is 0. The summed E-state index contributed by atoms with van der Waals surface area (Å²) in [5, 5.41) is 11.6. The van der Waals surface area contributed by atoms with Gasteiger partial charge in [0.15, 0.2) is 0 Å². The molecular formula is C32H35NO4. The van der Waals surface area contributed by atoms with E-state index in [0.29, 0.717) is 28.8 Å². The fraction of sp³-hybridized carbons (Fsp3) is 0.312. The second-order valence-electron chi connectivity index (χ2n) is 10.4. The molecule has 4 rings (SSSR count). The lowest BCUT2D eigenvalue weighted by Gasteiger charge is -2.26. The average Bonchev–Trinajstić information content (AvgIpc) is 3.15. The number of nitrogens with zero attached hydrogens (tertiary/aromatic N) is 1. The Balaban J connectivity index is 1.93. The lowest BCUT2D eigenvalue weighted by Crippen LogP contribution is -2.29. The zero-order valence-electron chi connectivity index (χ0n) is 22.6. The second kappa shape index (κ2) is 10.3. The number of amides is 1. The standard InChI is InChI=1S/C32H35NO4/c1-18(2)22-8-10-24(11-9-22)29-28(30(34)26-16-21(6)27(37-7)17-20(26)5)31(35)32(36)33(29)25-14-12-23(13-15-25)19(3)4/h8-19,29,34H,1-7H3/b30-28+. The largest absolute Gasteiger partial charge is 0.507 e. The minimum Gasteiger partial charge on any atom is -0.507 e. The predicted molar refractivity (Wildman–Crippen MR) is 148 cm³/mol. The minimum atomic E-state index is -0.757. The van der Waals surface area contributed by atoms with Crippen LogP contribution in [0.2, 0.25) is 0 Å². The summed E-state index contributed by atoms with van der Waals surface area (Å²) in [4.78, 5) is 28.5. The summed E-state index contributed by atoms with van der Waals surface area (Å²) < 4.78 is 5.42. The molecular weight excluding hydrogens is 462 g/mol. The van der Waals surface area contributed by atoms with E-state index in [4.69, 9.17) is 4.74 Å². The first-order chi connectivity index (χ1) is 17.5. The molecule has 0 spiro atoms. The first kappa shape index (κ1) is 26.2. The zero-order chi connectivity index (χ0) is 27.0. The Kier molecular flexibility index (Phi) is 7.26. The molecule has 1 heterocycles. The number of benzene rings is 3. The number of Topliss-reactive ketones (excluding diaryl/α,β-unsaturated/α-hetero) is 1. The Morgan fingerprint density at radius 3 is 1.89 bits per heavy atom. The first-order valence-electron chi connectivity index (χ1n) is 12.7. The summed E-state index contributed by atoms with van der Waals surface area (Å²) >= 11 is 0. The van der Waals surface area contributed by atoms with Gasteiger partial charge in [-0.2, -0.15) is 0 Å². The Morgan fingerprint density at radius 1 is 0.838 bits per heavy atom. The van der Waals surface area contributed by atoms with Gasteiger partial charge in [-0.05, 0) is 77.8 Å². The van der Waals surface area contributed by atoms with E-state index in [1.165, 1.54) is 4.90 Å². The van der Waals surface area contributed by atoms with Crippen LogP contribution in [0.15, 0.2) is 66.2 Å². The smallest absolute Gasteiger partial charge is 0.300 e. The van der Waals surface area contributed by atoms with Gasteiger partial charge in [-0.1, -0.05) is 64.1 Å². The van der Waals surface area contributed by atoms with E-state index in [0.717, 1.165) is 27.8 Å². The van der Waals surface area contributed by atoms with Crippen molar-refractivity contribution in [2.45, 2.75) is 59.4 Å². The normalized spacial score (nSPS) is 17.2. The lowest BCUT2D eigenvalue weighted by atomic mass is 9.91. The maximum Gasteiger partial charge on any atom is 0.300 e. The number of carbonyl (C=O) groups is 2. The molecule has 1 aliphatic heterocycles. The topological polar surface area (TPSA) is 66.8 Å². The van der Waals surface area contributed by atoms with E-state index < -0.39 is 17.7 Å². The number of aryl methyl sites for hydroxylation is 2. The molecule has 37 heavy (non-hydrogen) atoms. The van der Waals surface area contributed by atoms with Crippen molar-refractivity contribution in [1.82, 2.24) is 0 Å². The molecule has 0 saturated carbocycles. The van der Waals surface area contributed by atoms with Gasteiger partial charge >= 0.3 is 0 Å². The molecule has 1 amide bonds. The van der Waals surface area contributed by atoms with Crippen molar-refractivity contribution in [1.29, 1.82) is 0 Å². The quantitative estimate of drug-likeness (QED) is 0.222. The monoisotopic (exact) mass is 497 g/mol. The van der Waals surface area contributed by atoms with Crippen LogP contribution in [0.25, 0.3) is 5.76 Å². The van der Waals surface area contributed by atoms with E-state index in [1.807, 2.05) is 68.4 Å². The van der Waals surface area contributed by atoms with Crippen LogP contribution in [0, 0.1) is 13.8 Å². The molecule has 1 N–H and O–H groups in total. The molecule has 5 heteroatoms. The number of carbonyl (C=O) groups excluding carboxylic acids is 2. The van der Waals surface area contributed by atoms with Gasteiger partial charge in [0, 0.05) is 11.3 Å². The highest BCUT2D eigenvalue weighted by atomic mass is 16.5. The molecule has 1 atom stereocenters. The Labute approximate surface area is 219 Å². The van der Waals surface area contributed by atoms with Crippen molar-refractivity contribution >= 4 is 23.1 Å². The van der Waals surface area contributed by atoms with Gasteiger partial charge in [-0.25, -0.2) is 0 Å². The third kappa shape index (κ3) is 4.78. The Morgan fingerprint density at radius 2 is 1.38 bits per heavy atom. The molecule has 3 aromatic carbocycles. The number of rotatable bonds is 6. The number of aliphatic hydroxyl groups excluding tert-OH is 1. The lowest BCUT2D eigenvalue weighted by molar-refractivity contribution is -0.132. The van der Waals surface area contributed by atoms with Crippen LogP contribution in [0.5, 0.6) is 5.75 Å². The zero-order valence-corrected chi connectivity index (χ0v) is 22.6. The number of ketones is 1. The van der Waals surface area contributed by atoms with Crippen LogP contribution in [-0.4, -0.2) is 23.9 Å². The maximum atomic E-state index is 13.5. The minimum absolute atomic E-state index is 0.0860. The molecule has 3 aromatic rings. The summed E-state index contributed by atoms with van der Waals surface area (Å²) in [6.45, 7) is 12.2. The highest BCUT2D eigenvalue weighted by molar-refractivity contribution is 6.51.